The molecular formula is C29H25F3N6O2S. The smallest absolute Gasteiger partial charge is 0.406 e. The second kappa shape index (κ2) is 12.3. The zero-order valence-corrected chi connectivity index (χ0v) is 22.7. The molecule has 1 fully saturated rings. The summed E-state index contributed by atoms with van der Waals surface area (Å²) >= 11 is 1.56. The van der Waals surface area contributed by atoms with Crippen LogP contribution in [0.5, 0.6) is 5.75 Å². The van der Waals surface area contributed by atoms with Gasteiger partial charge < -0.3 is 15.0 Å². The lowest BCUT2D eigenvalue weighted by Crippen LogP contribution is -2.27. The van der Waals surface area contributed by atoms with Gasteiger partial charge in [-0.1, -0.05) is 61.2 Å². The number of alkyl halides is 3. The highest BCUT2D eigenvalue weighted by Gasteiger charge is 2.31. The summed E-state index contributed by atoms with van der Waals surface area (Å²) in [6, 6.07) is 20.4. The van der Waals surface area contributed by atoms with Gasteiger partial charge in [0.15, 0.2) is 11.0 Å². The van der Waals surface area contributed by atoms with Crippen molar-refractivity contribution in [1.29, 1.82) is 0 Å². The van der Waals surface area contributed by atoms with Gasteiger partial charge in [-0.25, -0.2) is 14.5 Å². The number of rotatable bonds is 7. The maximum Gasteiger partial charge on any atom is 0.573 e. The van der Waals surface area contributed by atoms with Crippen molar-refractivity contribution >= 4 is 34.7 Å². The average Bonchev–Trinajstić information content (AvgIpc) is 3.63. The summed E-state index contributed by atoms with van der Waals surface area (Å²) in [5.41, 5.74) is 4.41. The molecule has 0 bridgehead atoms. The largest absolute Gasteiger partial charge is 0.573 e. The number of ether oxygens (including phenoxy) is 1. The van der Waals surface area contributed by atoms with Crippen LogP contribution in [0.15, 0.2) is 90.3 Å². The molecule has 1 N–H and O–H groups in total. The molecule has 2 amide bonds. The van der Waals surface area contributed by atoms with Gasteiger partial charge in [0.2, 0.25) is 0 Å². The molecule has 0 atom stereocenters. The molecular weight excluding hydrogens is 553 g/mol. The fourth-order valence-electron chi connectivity index (χ4n) is 4.18. The molecule has 0 spiro atoms. The third-order valence-corrected chi connectivity index (χ3v) is 7.07. The quantitative estimate of drug-likeness (QED) is 0.263. The number of carbonyl (C=O) groups excluding carboxylic acids is 1. The van der Waals surface area contributed by atoms with Crippen molar-refractivity contribution in [2.24, 2.45) is 4.99 Å². The summed E-state index contributed by atoms with van der Waals surface area (Å²) < 4.78 is 42.5. The van der Waals surface area contributed by atoms with Crippen molar-refractivity contribution in [3.63, 3.8) is 0 Å². The van der Waals surface area contributed by atoms with Crippen LogP contribution in [0, 0.1) is 0 Å². The number of amides is 2. The normalized spacial score (nSPS) is 14.6. The summed E-state index contributed by atoms with van der Waals surface area (Å²) in [7, 11) is 0. The van der Waals surface area contributed by atoms with E-state index >= 15 is 0 Å². The Bertz CT molecular complexity index is 1570. The fourth-order valence-corrected chi connectivity index (χ4v) is 5.13. The highest BCUT2D eigenvalue weighted by atomic mass is 32.2. The van der Waals surface area contributed by atoms with Crippen LogP contribution < -0.4 is 15.0 Å². The van der Waals surface area contributed by atoms with E-state index in [-0.39, 0.29) is 5.75 Å². The number of anilines is 1. The van der Waals surface area contributed by atoms with Crippen LogP contribution in [-0.4, -0.2) is 44.6 Å². The van der Waals surface area contributed by atoms with Gasteiger partial charge >= 0.3 is 12.4 Å². The molecule has 1 aliphatic heterocycles. The van der Waals surface area contributed by atoms with Gasteiger partial charge in [0, 0.05) is 29.7 Å². The van der Waals surface area contributed by atoms with Gasteiger partial charge in [0.05, 0.1) is 5.69 Å². The summed E-state index contributed by atoms with van der Waals surface area (Å²) in [6.07, 6.45) is 0.925. The number of hydrogen-bond acceptors (Lipinski definition) is 5. The Hall–Kier alpha value is -4.58. The van der Waals surface area contributed by atoms with Crippen molar-refractivity contribution in [2.45, 2.75) is 19.7 Å². The van der Waals surface area contributed by atoms with E-state index in [0.717, 1.165) is 35.5 Å². The molecule has 210 valence electrons. The number of aromatic nitrogens is 3. The van der Waals surface area contributed by atoms with Crippen LogP contribution in [0.25, 0.3) is 23.2 Å². The monoisotopic (exact) mass is 578 g/mol. The molecule has 1 saturated heterocycles. The van der Waals surface area contributed by atoms with Crippen LogP contribution in [0.3, 0.4) is 0 Å². The SMILES string of the molecule is CCc1ccccc1N1CCSC1=NC(=O)N/C=C/c1ccc(-c2ncn(-c3ccc(OC(F)(F)F)cc3)n2)cc1. The maximum absolute atomic E-state index is 12.5. The molecule has 0 radical (unpaired) electrons. The van der Waals surface area contributed by atoms with Gasteiger partial charge in [-0.15, -0.1) is 18.3 Å². The molecule has 0 unspecified atom stereocenters. The number of urea groups is 1. The number of carbonyl (C=O) groups is 1. The molecule has 0 saturated carbocycles. The molecule has 1 aliphatic rings. The number of aryl methyl sites for hydroxylation is 1. The molecule has 3 aromatic carbocycles. The minimum Gasteiger partial charge on any atom is -0.406 e. The number of thioether (sulfide) groups is 1. The van der Waals surface area contributed by atoms with E-state index in [1.54, 1.807) is 24.0 Å². The lowest BCUT2D eigenvalue weighted by Gasteiger charge is -2.20. The lowest BCUT2D eigenvalue weighted by atomic mass is 10.1. The highest BCUT2D eigenvalue weighted by molar-refractivity contribution is 8.14. The fraction of sp³-hybridized carbons (Fsp3) is 0.172. The lowest BCUT2D eigenvalue weighted by molar-refractivity contribution is -0.274. The van der Waals surface area contributed by atoms with Gasteiger partial charge in [-0.3, -0.25) is 0 Å². The van der Waals surface area contributed by atoms with E-state index in [1.807, 2.05) is 36.4 Å². The van der Waals surface area contributed by atoms with Crippen molar-refractivity contribution in [1.82, 2.24) is 20.1 Å². The summed E-state index contributed by atoms with van der Waals surface area (Å²) in [6.45, 7) is 2.90. The first-order valence-corrected chi connectivity index (χ1v) is 13.7. The number of hydrogen-bond donors (Lipinski definition) is 1. The third kappa shape index (κ3) is 7.14. The molecule has 5 rings (SSSR count). The molecule has 0 aliphatic carbocycles. The molecule has 2 heterocycles. The van der Waals surface area contributed by atoms with Crippen LogP contribution in [0.2, 0.25) is 0 Å². The van der Waals surface area contributed by atoms with Crippen molar-refractivity contribution in [3.8, 4) is 22.8 Å². The first-order chi connectivity index (χ1) is 19.8. The van der Waals surface area contributed by atoms with Gasteiger partial charge in [-0.2, -0.15) is 4.99 Å². The standard InChI is InChI=1S/C29H25F3N6O2S/c1-2-21-5-3-4-6-25(21)37-17-18-41-28(37)35-27(39)33-16-15-20-7-9-22(10-8-20)26-34-19-38(36-26)23-11-13-24(14-12-23)40-29(30,31)32/h3-16,19H,2,17-18H2,1H3,(H,33,39)/b16-15+,35-28?. The molecule has 4 aromatic rings. The Kier molecular flexibility index (Phi) is 8.39. The van der Waals surface area contributed by atoms with E-state index in [4.69, 9.17) is 0 Å². The number of nitrogens with zero attached hydrogens (tertiary/aromatic N) is 5. The van der Waals surface area contributed by atoms with Gasteiger partial charge in [-0.05, 0) is 54.0 Å². The third-order valence-electron chi connectivity index (χ3n) is 6.12. The number of nitrogens with one attached hydrogen (secondary N) is 1. The zero-order chi connectivity index (χ0) is 28.8. The maximum atomic E-state index is 12.5. The van der Waals surface area contributed by atoms with Gasteiger partial charge in [0.1, 0.15) is 12.1 Å². The number of halogens is 3. The first kappa shape index (κ1) is 28.0. The molecule has 12 heteroatoms. The van der Waals surface area contributed by atoms with Crippen LogP contribution in [0.1, 0.15) is 18.1 Å². The van der Waals surface area contributed by atoms with Gasteiger partial charge in [0.25, 0.3) is 0 Å². The average molecular weight is 579 g/mol. The highest BCUT2D eigenvalue weighted by Crippen LogP contribution is 2.29. The Morgan fingerprint density at radius 2 is 1.85 bits per heavy atom. The van der Waals surface area contributed by atoms with Crippen LogP contribution >= 0.6 is 11.8 Å². The number of para-hydroxylation sites is 1. The van der Waals surface area contributed by atoms with E-state index in [0.29, 0.717) is 16.7 Å². The first-order valence-electron chi connectivity index (χ1n) is 12.7. The second-order valence-electron chi connectivity index (χ2n) is 8.84. The Labute approximate surface area is 238 Å². The van der Waals surface area contributed by atoms with Crippen LogP contribution in [-0.2, 0) is 6.42 Å². The van der Waals surface area contributed by atoms with Crippen molar-refractivity contribution in [3.05, 3.63) is 96.5 Å². The predicted octanol–water partition coefficient (Wildman–Crippen LogP) is 6.69. The second-order valence-corrected chi connectivity index (χ2v) is 9.90. The molecule has 8 nitrogen and oxygen atoms in total. The number of benzene rings is 3. The Morgan fingerprint density at radius 1 is 1.10 bits per heavy atom. The van der Waals surface area contributed by atoms with E-state index in [9.17, 15) is 18.0 Å². The molecule has 41 heavy (non-hydrogen) atoms. The van der Waals surface area contributed by atoms with Crippen molar-refractivity contribution in [2.75, 3.05) is 17.2 Å². The topological polar surface area (TPSA) is 84.6 Å². The van der Waals surface area contributed by atoms with E-state index in [1.165, 1.54) is 40.8 Å². The minimum atomic E-state index is -4.75. The van der Waals surface area contributed by atoms with E-state index in [2.05, 4.69) is 49.1 Å². The summed E-state index contributed by atoms with van der Waals surface area (Å²) in [5, 5.41) is 7.78. The minimum absolute atomic E-state index is 0.314. The van der Waals surface area contributed by atoms with Crippen molar-refractivity contribution < 1.29 is 22.7 Å². The van der Waals surface area contributed by atoms with E-state index < -0.39 is 12.4 Å². The van der Waals surface area contributed by atoms with Crippen LogP contribution in [0.4, 0.5) is 23.7 Å². The summed E-state index contributed by atoms with van der Waals surface area (Å²) in [4.78, 5) is 23.1. The zero-order valence-electron chi connectivity index (χ0n) is 21.9. The molecule has 1 aromatic heterocycles. The summed E-state index contributed by atoms with van der Waals surface area (Å²) in [5.74, 6) is 0.998. The Morgan fingerprint density at radius 3 is 2.59 bits per heavy atom. The number of amidine groups is 1. The number of aliphatic imine (C=N–C) groups is 1. The predicted molar refractivity (Wildman–Crippen MR) is 154 cm³/mol. The Balaban J connectivity index is 1.18.